The van der Waals surface area contributed by atoms with Crippen molar-refractivity contribution in [2.75, 3.05) is 18.5 Å². The van der Waals surface area contributed by atoms with Gasteiger partial charge in [-0.25, -0.2) is 0 Å². The molecule has 1 aromatic rings. The van der Waals surface area contributed by atoms with Crippen molar-refractivity contribution in [1.82, 2.24) is 0 Å². The molecule has 15 heavy (non-hydrogen) atoms. The third-order valence-corrected chi connectivity index (χ3v) is 2.90. The average Bonchev–Trinajstić information content (AvgIpc) is 2.15. The van der Waals surface area contributed by atoms with Crippen molar-refractivity contribution in [3.63, 3.8) is 0 Å². The van der Waals surface area contributed by atoms with Crippen molar-refractivity contribution < 1.29 is 4.74 Å². The Morgan fingerprint density at radius 1 is 1.40 bits per heavy atom. The fraction of sp³-hybridized carbons (Fsp3) is 0.500. The zero-order valence-corrected chi connectivity index (χ0v) is 9.46. The zero-order valence-electron chi connectivity index (χ0n) is 8.71. The van der Waals surface area contributed by atoms with Crippen LogP contribution in [0.4, 0.5) is 5.69 Å². The van der Waals surface area contributed by atoms with Crippen molar-refractivity contribution in [3.05, 3.63) is 29.3 Å². The monoisotopic (exact) mass is 225 g/mol. The van der Waals surface area contributed by atoms with E-state index in [2.05, 4.69) is 5.32 Å². The molecular weight excluding hydrogens is 210 g/mol. The first-order valence-corrected chi connectivity index (χ1v) is 5.83. The quantitative estimate of drug-likeness (QED) is 0.777. The summed E-state index contributed by atoms with van der Waals surface area (Å²) >= 11 is 5.87. The third-order valence-electron chi connectivity index (χ3n) is 2.66. The van der Waals surface area contributed by atoms with Crippen molar-refractivity contribution in [2.45, 2.75) is 25.4 Å². The lowest BCUT2D eigenvalue weighted by atomic mass is 9.96. The first-order valence-electron chi connectivity index (χ1n) is 5.45. The minimum absolute atomic E-state index is 0.520. The molecule has 1 aromatic carbocycles. The van der Waals surface area contributed by atoms with Crippen LogP contribution in [0.5, 0.6) is 0 Å². The van der Waals surface area contributed by atoms with Crippen LogP contribution in [0.15, 0.2) is 24.3 Å². The Hall–Kier alpha value is -0.730. The molecule has 0 radical (unpaired) electrons. The van der Waals surface area contributed by atoms with E-state index in [0.717, 1.165) is 23.9 Å². The second-order valence-corrected chi connectivity index (χ2v) is 4.30. The van der Waals surface area contributed by atoms with Gasteiger partial charge in [0.15, 0.2) is 0 Å². The van der Waals surface area contributed by atoms with Gasteiger partial charge < -0.3 is 10.1 Å². The highest BCUT2D eigenvalue weighted by molar-refractivity contribution is 6.30. The Bertz CT molecular complexity index is 312. The van der Waals surface area contributed by atoms with Gasteiger partial charge in [-0.15, -0.1) is 0 Å². The molecule has 1 aliphatic rings. The molecule has 3 heteroatoms. The number of ether oxygens (including phenoxy) is 1. The van der Waals surface area contributed by atoms with Crippen LogP contribution in [-0.2, 0) is 4.74 Å². The fourth-order valence-electron chi connectivity index (χ4n) is 1.56. The van der Waals surface area contributed by atoms with Gasteiger partial charge in [0.2, 0.25) is 0 Å². The molecule has 0 spiro atoms. The second-order valence-electron chi connectivity index (χ2n) is 3.86. The Kier molecular flexibility index (Phi) is 3.87. The molecule has 0 unspecified atom stereocenters. The molecule has 2 nitrogen and oxygen atoms in total. The third kappa shape index (κ3) is 3.40. The molecule has 0 bridgehead atoms. The van der Waals surface area contributed by atoms with E-state index in [1.807, 2.05) is 24.3 Å². The van der Waals surface area contributed by atoms with Crippen molar-refractivity contribution in [2.24, 2.45) is 0 Å². The lowest BCUT2D eigenvalue weighted by Crippen LogP contribution is -2.24. The van der Waals surface area contributed by atoms with Crippen LogP contribution in [0.25, 0.3) is 0 Å². The maximum absolute atomic E-state index is 5.87. The summed E-state index contributed by atoms with van der Waals surface area (Å²) in [5.74, 6) is 0. The molecule has 0 aromatic heterocycles. The lowest BCUT2D eigenvalue weighted by Gasteiger charge is -2.25. The topological polar surface area (TPSA) is 21.3 Å². The van der Waals surface area contributed by atoms with E-state index in [-0.39, 0.29) is 0 Å². The first kappa shape index (κ1) is 10.8. The maximum atomic E-state index is 5.87. The fourth-order valence-corrected chi connectivity index (χ4v) is 1.75. The van der Waals surface area contributed by atoms with E-state index in [1.165, 1.54) is 19.3 Å². The number of halogens is 1. The Morgan fingerprint density at radius 2 is 2.27 bits per heavy atom. The van der Waals surface area contributed by atoms with Gasteiger partial charge in [0.25, 0.3) is 0 Å². The smallest absolute Gasteiger partial charge is 0.0642 e. The van der Waals surface area contributed by atoms with Crippen molar-refractivity contribution >= 4 is 17.3 Å². The summed E-state index contributed by atoms with van der Waals surface area (Å²) < 4.78 is 5.63. The summed E-state index contributed by atoms with van der Waals surface area (Å²) in [6.07, 6.45) is 4.31. The summed E-state index contributed by atoms with van der Waals surface area (Å²) in [4.78, 5) is 0. The first-order chi connectivity index (χ1) is 7.34. The molecule has 82 valence electrons. The summed E-state index contributed by atoms with van der Waals surface area (Å²) in [5, 5.41) is 4.04. The Labute approximate surface area is 95.6 Å². The van der Waals surface area contributed by atoms with E-state index in [1.54, 1.807) is 0 Å². The van der Waals surface area contributed by atoms with Crippen LogP contribution in [0.2, 0.25) is 5.02 Å². The summed E-state index contributed by atoms with van der Waals surface area (Å²) in [6.45, 7) is 1.62. The molecule has 0 amide bonds. The predicted octanol–water partition coefficient (Wildman–Crippen LogP) is 3.32. The lowest BCUT2D eigenvalue weighted by molar-refractivity contribution is 0.00812. The van der Waals surface area contributed by atoms with Crippen LogP contribution in [0.1, 0.15) is 19.3 Å². The normalized spacial score (nSPS) is 16.1. The highest BCUT2D eigenvalue weighted by atomic mass is 35.5. The number of hydrogen-bond donors (Lipinski definition) is 1. The summed E-state index contributed by atoms with van der Waals surface area (Å²) in [7, 11) is 0. The van der Waals surface area contributed by atoms with E-state index in [4.69, 9.17) is 16.3 Å². The number of benzene rings is 1. The molecule has 0 heterocycles. The molecule has 0 aliphatic heterocycles. The van der Waals surface area contributed by atoms with Crippen LogP contribution in [0.3, 0.4) is 0 Å². The van der Waals surface area contributed by atoms with Gasteiger partial charge in [0.1, 0.15) is 0 Å². The minimum Gasteiger partial charge on any atom is -0.383 e. The minimum atomic E-state index is 0.520. The van der Waals surface area contributed by atoms with E-state index in [9.17, 15) is 0 Å². The molecule has 0 atom stereocenters. The maximum Gasteiger partial charge on any atom is 0.0642 e. The molecule has 1 N–H and O–H groups in total. The Morgan fingerprint density at radius 3 is 2.93 bits per heavy atom. The SMILES string of the molecule is Clc1cccc(NCCOC2CCC2)c1. The van der Waals surface area contributed by atoms with E-state index < -0.39 is 0 Å². The molecule has 1 fully saturated rings. The number of anilines is 1. The van der Waals surface area contributed by atoms with E-state index in [0.29, 0.717) is 6.10 Å². The van der Waals surface area contributed by atoms with Crippen LogP contribution in [0, 0.1) is 0 Å². The molecule has 1 aliphatic carbocycles. The molecule has 0 saturated heterocycles. The number of rotatable bonds is 5. The van der Waals surface area contributed by atoms with Crippen LogP contribution >= 0.6 is 11.6 Å². The number of hydrogen-bond acceptors (Lipinski definition) is 2. The highest BCUT2D eigenvalue weighted by Gasteiger charge is 2.16. The number of nitrogens with one attached hydrogen (secondary N) is 1. The highest BCUT2D eigenvalue weighted by Crippen LogP contribution is 2.21. The van der Waals surface area contributed by atoms with Gasteiger partial charge in [0.05, 0.1) is 12.7 Å². The molecule has 2 rings (SSSR count). The average molecular weight is 226 g/mol. The van der Waals surface area contributed by atoms with Gasteiger partial charge in [-0.1, -0.05) is 17.7 Å². The van der Waals surface area contributed by atoms with Crippen LogP contribution in [-0.4, -0.2) is 19.3 Å². The van der Waals surface area contributed by atoms with Crippen LogP contribution < -0.4 is 5.32 Å². The second kappa shape index (κ2) is 5.38. The van der Waals surface area contributed by atoms with Gasteiger partial charge in [-0.3, -0.25) is 0 Å². The van der Waals surface area contributed by atoms with Gasteiger partial charge in [-0.05, 0) is 37.5 Å². The largest absolute Gasteiger partial charge is 0.383 e. The van der Waals surface area contributed by atoms with Gasteiger partial charge in [-0.2, -0.15) is 0 Å². The standard InChI is InChI=1S/C12H16ClNO/c13-10-3-1-4-11(9-10)14-7-8-15-12-5-2-6-12/h1,3-4,9,12,14H,2,5-8H2. The Balaban J connectivity index is 1.64. The van der Waals surface area contributed by atoms with Gasteiger partial charge >= 0.3 is 0 Å². The molecule has 1 saturated carbocycles. The molecular formula is C12H16ClNO. The van der Waals surface area contributed by atoms with Gasteiger partial charge in [0, 0.05) is 17.3 Å². The summed E-state index contributed by atoms with van der Waals surface area (Å²) in [5.41, 5.74) is 1.06. The zero-order chi connectivity index (χ0) is 10.5. The van der Waals surface area contributed by atoms with Crippen molar-refractivity contribution in [3.8, 4) is 0 Å². The van der Waals surface area contributed by atoms with E-state index >= 15 is 0 Å². The predicted molar refractivity (Wildman–Crippen MR) is 63.5 cm³/mol. The summed E-state index contributed by atoms with van der Waals surface area (Å²) in [6, 6.07) is 7.75. The van der Waals surface area contributed by atoms with Crippen molar-refractivity contribution in [1.29, 1.82) is 0 Å².